The third-order valence-corrected chi connectivity index (χ3v) is 6.87. The molecule has 0 aliphatic heterocycles. The molecule has 0 aliphatic carbocycles. The molecule has 0 aliphatic rings. The summed E-state index contributed by atoms with van der Waals surface area (Å²) in [5.74, 6) is -25.8. The first-order valence-corrected chi connectivity index (χ1v) is 13.2. The highest BCUT2D eigenvalue weighted by Crippen LogP contribution is 2.28. The predicted molar refractivity (Wildman–Crippen MR) is 149 cm³/mol. The lowest BCUT2D eigenvalue weighted by molar-refractivity contribution is 0.359. The van der Waals surface area contributed by atoms with Gasteiger partial charge < -0.3 is 13.9 Å². The van der Waals surface area contributed by atoms with Crippen molar-refractivity contribution in [2.24, 2.45) is 0 Å². The molecule has 5 nitrogen and oxygen atoms in total. The molecular weight excluding hydrogens is 648 g/mol. The lowest BCUT2D eigenvalue weighted by Crippen LogP contribution is -2.55. The Bertz CT molecular complexity index is 1970. The van der Waals surface area contributed by atoms with E-state index in [2.05, 4.69) is 9.97 Å². The highest BCUT2D eigenvalue weighted by atomic mass is 19.2. The number of pyridine rings is 2. The Morgan fingerprint density at radius 2 is 0.723 bits per heavy atom. The number of halogens is 10. The van der Waals surface area contributed by atoms with Gasteiger partial charge in [-0.25, -0.2) is 43.9 Å². The number of para-hydroxylation sites is 2. The second kappa shape index (κ2) is 12.5. The Kier molecular flexibility index (Phi) is 8.40. The quantitative estimate of drug-likeness (QED) is 0.0815. The number of hydrogen-bond donors (Lipinski definition) is 0. The molecule has 0 unspecified atom stereocenters. The van der Waals surface area contributed by atoms with Gasteiger partial charge in [0.2, 0.25) is 0 Å². The normalized spacial score (nSPS) is 11.3. The van der Waals surface area contributed by atoms with Gasteiger partial charge in [0.05, 0.1) is 10.9 Å². The molecule has 17 heteroatoms. The minimum absolute atomic E-state index is 0.0422. The molecule has 0 N–H and O–H groups in total. The molecule has 0 atom stereocenters. The van der Waals surface area contributed by atoms with Gasteiger partial charge in [0.25, 0.3) is 0 Å². The lowest BCUT2D eigenvalue weighted by Gasteiger charge is -2.24. The first-order chi connectivity index (χ1) is 22.5. The molecule has 236 valence electrons. The third-order valence-electron chi connectivity index (χ3n) is 6.87. The van der Waals surface area contributed by atoms with Gasteiger partial charge in [-0.05, 0) is 24.3 Å². The van der Waals surface area contributed by atoms with E-state index in [0.717, 1.165) is 12.1 Å². The standard InChI is InChI=1S/C30H12B2F10N2O3/c33-19-17(20(34)24(38)27(41)23(19)37)31(45-15-9-1-5-13-7-3-11-43-29(13)15)47-32(18-21(35)25(39)28(42)26(40)22(18)36)46-16-10-2-6-14-8-4-12-44-30(14)16/h1-12H. The lowest BCUT2D eigenvalue weighted by atomic mass is 9.69. The van der Waals surface area contributed by atoms with E-state index in [1.54, 1.807) is 0 Å². The molecule has 0 amide bonds. The number of benzene rings is 4. The van der Waals surface area contributed by atoms with E-state index in [1.165, 1.54) is 60.9 Å². The van der Waals surface area contributed by atoms with Gasteiger partial charge in [0.1, 0.15) is 22.5 Å². The zero-order chi connectivity index (χ0) is 33.6. The van der Waals surface area contributed by atoms with E-state index in [9.17, 15) is 26.3 Å². The van der Waals surface area contributed by atoms with Gasteiger partial charge in [-0.1, -0.05) is 36.4 Å². The van der Waals surface area contributed by atoms with Crippen LogP contribution >= 0.6 is 0 Å². The van der Waals surface area contributed by atoms with Crippen molar-refractivity contribution in [3.8, 4) is 11.5 Å². The van der Waals surface area contributed by atoms with Crippen molar-refractivity contribution in [3.63, 3.8) is 0 Å². The van der Waals surface area contributed by atoms with Gasteiger partial charge >= 0.3 is 14.2 Å². The Morgan fingerprint density at radius 1 is 0.404 bits per heavy atom. The largest absolute Gasteiger partial charge is 0.556 e. The van der Waals surface area contributed by atoms with Crippen LogP contribution in [0.25, 0.3) is 21.8 Å². The van der Waals surface area contributed by atoms with Crippen LogP contribution < -0.4 is 20.2 Å². The molecule has 0 radical (unpaired) electrons. The Morgan fingerprint density at radius 3 is 1.09 bits per heavy atom. The summed E-state index contributed by atoms with van der Waals surface area (Å²) in [4.78, 5) is 8.09. The Hall–Kier alpha value is -5.31. The van der Waals surface area contributed by atoms with Crippen molar-refractivity contribution in [1.29, 1.82) is 0 Å². The number of aromatic nitrogens is 2. The summed E-state index contributed by atoms with van der Waals surface area (Å²) in [6.07, 6.45) is 2.52. The van der Waals surface area contributed by atoms with Gasteiger partial charge in [-0.3, -0.25) is 9.97 Å². The first-order valence-electron chi connectivity index (χ1n) is 13.2. The zero-order valence-electron chi connectivity index (χ0n) is 23.0. The summed E-state index contributed by atoms with van der Waals surface area (Å²) in [5, 5.41) is 0.686. The summed E-state index contributed by atoms with van der Waals surface area (Å²) in [7, 11) is -5.76. The van der Waals surface area contributed by atoms with Crippen LogP contribution in [0.4, 0.5) is 43.9 Å². The van der Waals surface area contributed by atoms with Crippen molar-refractivity contribution >= 4 is 47.0 Å². The maximum Gasteiger partial charge on any atom is 0.556 e. The molecule has 0 fully saturated rings. The molecule has 6 aromatic rings. The van der Waals surface area contributed by atoms with Crippen molar-refractivity contribution in [1.82, 2.24) is 9.97 Å². The van der Waals surface area contributed by atoms with Gasteiger partial charge in [0, 0.05) is 23.2 Å². The second-order valence-corrected chi connectivity index (χ2v) is 9.67. The van der Waals surface area contributed by atoms with Crippen LogP contribution in [0.2, 0.25) is 0 Å². The van der Waals surface area contributed by atoms with Crippen LogP contribution in [0, 0.1) is 58.2 Å². The maximum atomic E-state index is 15.2. The van der Waals surface area contributed by atoms with E-state index in [4.69, 9.17) is 13.9 Å². The minimum atomic E-state index is -2.88. The van der Waals surface area contributed by atoms with Crippen molar-refractivity contribution in [2.45, 2.75) is 0 Å². The molecule has 0 spiro atoms. The van der Waals surface area contributed by atoms with Crippen LogP contribution in [0.1, 0.15) is 0 Å². The maximum absolute atomic E-state index is 15.2. The van der Waals surface area contributed by atoms with E-state index < -0.39 is 94.8 Å². The van der Waals surface area contributed by atoms with Gasteiger partial charge in [-0.15, -0.1) is 0 Å². The Labute approximate surface area is 257 Å². The SMILES string of the molecule is Fc1c(F)c(F)c(B(OB(Oc2cccc3cccnc23)c2c(F)c(F)c(F)c(F)c2F)Oc2cccc3cccnc23)c(F)c1F. The number of rotatable bonds is 8. The smallest absolute Gasteiger partial charge is 0.531 e. The zero-order valence-corrected chi connectivity index (χ0v) is 23.0. The van der Waals surface area contributed by atoms with Crippen molar-refractivity contribution < 1.29 is 57.8 Å². The van der Waals surface area contributed by atoms with Crippen LogP contribution in [0.3, 0.4) is 0 Å². The van der Waals surface area contributed by atoms with Crippen molar-refractivity contribution in [3.05, 3.63) is 131 Å². The fourth-order valence-electron chi connectivity index (χ4n) is 4.65. The first kappa shape index (κ1) is 31.7. The molecule has 47 heavy (non-hydrogen) atoms. The average molecular weight is 660 g/mol. The molecule has 4 aromatic carbocycles. The molecule has 2 heterocycles. The molecule has 0 saturated heterocycles. The number of nitrogens with zero attached hydrogens (tertiary/aromatic N) is 2. The summed E-state index contributed by atoms with van der Waals surface area (Å²) >= 11 is 0. The van der Waals surface area contributed by atoms with E-state index >= 15 is 17.6 Å². The minimum Gasteiger partial charge on any atom is -0.531 e. The fraction of sp³-hybridized carbons (Fsp3) is 0. The van der Waals surface area contributed by atoms with Crippen LogP contribution in [0.5, 0.6) is 11.5 Å². The van der Waals surface area contributed by atoms with Crippen LogP contribution in [0.15, 0.2) is 73.1 Å². The topological polar surface area (TPSA) is 53.5 Å². The molecular formula is C30H12B2F10N2O3. The third kappa shape index (κ3) is 5.56. The van der Waals surface area contributed by atoms with E-state index in [1.807, 2.05) is 0 Å². The summed E-state index contributed by atoms with van der Waals surface area (Å²) in [6, 6.07) is 14.0. The second-order valence-electron chi connectivity index (χ2n) is 9.67. The highest BCUT2D eigenvalue weighted by molar-refractivity contribution is 6.75. The number of fused-ring (bicyclic) bond motifs is 2. The molecule has 0 saturated carbocycles. The monoisotopic (exact) mass is 660 g/mol. The summed E-state index contributed by atoms with van der Waals surface area (Å²) < 4.78 is 163. The fourth-order valence-corrected chi connectivity index (χ4v) is 4.65. The van der Waals surface area contributed by atoms with E-state index in [-0.39, 0.29) is 11.0 Å². The van der Waals surface area contributed by atoms with Gasteiger partial charge in [-0.2, -0.15) is 0 Å². The van der Waals surface area contributed by atoms with E-state index in [0.29, 0.717) is 10.8 Å². The predicted octanol–water partition coefficient (Wildman–Crippen LogP) is 6.44. The van der Waals surface area contributed by atoms with Crippen molar-refractivity contribution in [2.75, 3.05) is 0 Å². The van der Waals surface area contributed by atoms with Crippen LogP contribution in [-0.2, 0) is 4.57 Å². The molecule has 6 rings (SSSR count). The molecule has 0 bridgehead atoms. The van der Waals surface area contributed by atoms with Crippen LogP contribution in [-0.4, -0.2) is 24.2 Å². The summed E-state index contributed by atoms with van der Waals surface area (Å²) in [6.45, 7) is 0. The average Bonchev–Trinajstić information content (AvgIpc) is 3.08. The number of hydrogen-bond acceptors (Lipinski definition) is 5. The van der Waals surface area contributed by atoms with Gasteiger partial charge in [0.15, 0.2) is 58.2 Å². The summed E-state index contributed by atoms with van der Waals surface area (Å²) in [5.41, 5.74) is -3.75. The highest BCUT2D eigenvalue weighted by Gasteiger charge is 2.45. The Balaban J connectivity index is 1.59. The molecule has 2 aromatic heterocycles.